The number of piperazine rings is 1. The maximum Gasteiger partial charge on any atom is 0.239 e. The van der Waals surface area contributed by atoms with Crippen molar-refractivity contribution in [1.29, 1.82) is 0 Å². The first kappa shape index (κ1) is 20.2. The molecular weight excluding hydrogens is 390 g/mol. The third-order valence-corrected chi connectivity index (χ3v) is 6.78. The van der Waals surface area contributed by atoms with Gasteiger partial charge in [-0.05, 0) is 49.4 Å². The van der Waals surface area contributed by atoms with Crippen LogP contribution in [0.2, 0.25) is 5.02 Å². The summed E-state index contributed by atoms with van der Waals surface area (Å²) >= 11 is 5.92. The van der Waals surface area contributed by atoms with Crippen molar-refractivity contribution < 1.29 is 14.4 Å². The van der Waals surface area contributed by atoms with Gasteiger partial charge in [0.2, 0.25) is 17.7 Å². The maximum absolute atomic E-state index is 13.0. The van der Waals surface area contributed by atoms with Gasteiger partial charge in [-0.3, -0.25) is 14.4 Å². The second kappa shape index (κ2) is 8.74. The summed E-state index contributed by atoms with van der Waals surface area (Å²) in [6.07, 6.45) is 5.98. The molecule has 3 aliphatic rings. The third-order valence-electron chi connectivity index (χ3n) is 6.52. The van der Waals surface area contributed by atoms with Crippen molar-refractivity contribution >= 4 is 35.0 Å². The lowest BCUT2D eigenvalue weighted by Gasteiger charge is -2.36. The van der Waals surface area contributed by atoms with E-state index in [2.05, 4.69) is 0 Å². The Morgan fingerprint density at radius 1 is 0.897 bits per heavy atom. The summed E-state index contributed by atoms with van der Waals surface area (Å²) in [6, 6.07) is 7.12. The zero-order valence-corrected chi connectivity index (χ0v) is 17.4. The Labute approximate surface area is 176 Å². The number of rotatable bonds is 4. The van der Waals surface area contributed by atoms with Gasteiger partial charge in [-0.1, -0.05) is 24.4 Å². The quantitative estimate of drug-likeness (QED) is 0.707. The molecule has 6 nitrogen and oxygen atoms in total. The fraction of sp³-hybridized carbons (Fsp3) is 0.591. The lowest BCUT2D eigenvalue weighted by molar-refractivity contribution is -0.145. The highest BCUT2D eigenvalue weighted by atomic mass is 35.5. The number of carbonyl (C=O) groups is 3. The van der Waals surface area contributed by atoms with Crippen LogP contribution < -0.4 is 4.90 Å². The number of nitrogens with zero attached hydrogens (tertiary/aromatic N) is 3. The number of carbonyl (C=O) groups excluding carboxylic acids is 3. The standard InChI is InChI=1S/C22H28ClN3O3/c23-17-5-7-18(8-6-17)26-10-9-19(22(26)29)21(28)25-13-11-24(12-14-25)20(27)15-16-3-1-2-4-16/h5-8,16,19H,1-4,9-15H2. The average molecular weight is 418 g/mol. The third kappa shape index (κ3) is 4.42. The molecule has 0 aromatic heterocycles. The van der Waals surface area contributed by atoms with Gasteiger partial charge in [-0.25, -0.2) is 0 Å². The number of hydrogen-bond donors (Lipinski definition) is 0. The fourth-order valence-corrected chi connectivity index (χ4v) is 4.90. The molecule has 1 aliphatic carbocycles. The molecule has 7 heteroatoms. The van der Waals surface area contributed by atoms with Crippen LogP contribution in [0.4, 0.5) is 5.69 Å². The smallest absolute Gasteiger partial charge is 0.239 e. The van der Waals surface area contributed by atoms with Crippen molar-refractivity contribution in [2.75, 3.05) is 37.6 Å². The largest absolute Gasteiger partial charge is 0.339 e. The number of benzene rings is 1. The van der Waals surface area contributed by atoms with Gasteiger partial charge in [-0.15, -0.1) is 0 Å². The zero-order valence-electron chi connectivity index (χ0n) is 16.7. The Hall–Kier alpha value is -2.08. The van der Waals surface area contributed by atoms with Gasteiger partial charge in [0, 0.05) is 49.9 Å². The molecule has 1 unspecified atom stereocenters. The molecule has 4 rings (SSSR count). The van der Waals surface area contributed by atoms with Crippen LogP contribution in [-0.4, -0.2) is 60.2 Å². The monoisotopic (exact) mass is 417 g/mol. The van der Waals surface area contributed by atoms with Crippen LogP contribution >= 0.6 is 11.6 Å². The molecule has 1 atom stereocenters. The van der Waals surface area contributed by atoms with E-state index in [4.69, 9.17) is 11.6 Å². The van der Waals surface area contributed by atoms with Gasteiger partial charge in [0.05, 0.1) is 0 Å². The molecule has 3 fully saturated rings. The molecule has 1 aromatic rings. The fourth-order valence-electron chi connectivity index (χ4n) is 4.77. The van der Waals surface area contributed by atoms with Crippen LogP contribution in [0.25, 0.3) is 0 Å². The highest BCUT2D eigenvalue weighted by Crippen LogP contribution is 2.29. The summed E-state index contributed by atoms with van der Waals surface area (Å²) in [4.78, 5) is 43.6. The summed E-state index contributed by atoms with van der Waals surface area (Å²) in [5, 5.41) is 0.619. The molecule has 2 aliphatic heterocycles. The first-order valence-electron chi connectivity index (χ1n) is 10.7. The van der Waals surface area contributed by atoms with E-state index in [1.807, 2.05) is 17.0 Å². The van der Waals surface area contributed by atoms with Crippen LogP contribution in [0.3, 0.4) is 0 Å². The molecule has 1 aromatic carbocycles. The Kier molecular flexibility index (Phi) is 6.09. The van der Waals surface area contributed by atoms with Gasteiger partial charge < -0.3 is 14.7 Å². The van der Waals surface area contributed by atoms with Crippen molar-refractivity contribution in [3.8, 4) is 0 Å². The van der Waals surface area contributed by atoms with Gasteiger partial charge in [0.15, 0.2) is 0 Å². The zero-order chi connectivity index (χ0) is 20.4. The van der Waals surface area contributed by atoms with Crippen LogP contribution in [-0.2, 0) is 14.4 Å². The lowest BCUT2D eigenvalue weighted by atomic mass is 10.0. The SMILES string of the molecule is O=C(CC1CCCC1)N1CCN(C(=O)C2CCN(c3ccc(Cl)cc3)C2=O)CC1. The van der Waals surface area contributed by atoms with Crippen molar-refractivity contribution in [2.45, 2.75) is 38.5 Å². The Bertz CT molecular complexity index is 768. The topological polar surface area (TPSA) is 60.9 Å². The molecule has 0 radical (unpaired) electrons. The Balaban J connectivity index is 1.30. The first-order chi connectivity index (χ1) is 14.0. The molecule has 156 valence electrons. The maximum atomic E-state index is 13.0. The van der Waals surface area contributed by atoms with Gasteiger partial charge in [0.25, 0.3) is 0 Å². The highest BCUT2D eigenvalue weighted by Gasteiger charge is 2.40. The Morgan fingerprint density at radius 3 is 2.17 bits per heavy atom. The molecule has 2 saturated heterocycles. The second-order valence-corrected chi connectivity index (χ2v) is 8.80. The minimum Gasteiger partial charge on any atom is -0.339 e. The van der Waals surface area contributed by atoms with Crippen LogP contribution in [0.5, 0.6) is 0 Å². The Morgan fingerprint density at radius 2 is 1.52 bits per heavy atom. The van der Waals surface area contributed by atoms with Crippen molar-refractivity contribution in [2.24, 2.45) is 11.8 Å². The van der Waals surface area contributed by atoms with Gasteiger partial charge >= 0.3 is 0 Å². The molecular formula is C22H28ClN3O3. The minimum atomic E-state index is -0.619. The summed E-state index contributed by atoms with van der Waals surface area (Å²) < 4.78 is 0. The average Bonchev–Trinajstić information content (AvgIpc) is 3.38. The van der Waals surface area contributed by atoms with E-state index in [1.54, 1.807) is 21.9 Å². The number of hydrogen-bond acceptors (Lipinski definition) is 3. The lowest BCUT2D eigenvalue weighted by Crippen LogP contribution is -2.52. The van der Waals surface area contributed by atoms with Crippen molar-refractivity contribution in [3.63, 3.8) is 0 Å². The van der Waals surface area contributed by atoms with E-state index in [-0.39, 0.29) is 17.7 Å². The molecule has 3 amide bonds. The minimum absolute atomic E-state index is 0.102. The normalized spacial score (nSPS) is 23.1. The number of amides is 3. The molecule has 2 heterocycles. The van der Waals surface area contributed by atoms with E-state index in [9.17, 15) is 14.4 Å². The van der Waals surface area contributed by atoms with Crippen LogP contribution in [0.15, 0.2) is 24.3 Å². The molecule has 29 heavy (non-hydrogen) atoms. The summed E-state index contributed by atoms with van der Waals surface area (Å²) in [5.41, 5.74) is 0.775. The van der Waals surface area contributed by atoms with Crippen LogP contribution in [0.1, 0.15) is 38.5 Å². The molecule has 0 bridgehead atoms. The molecule has 0 spiro atoms. The predicted octanol–water partition coefficient (Wildman–Crippen LogP) is 2.94. The second-order valence-electron chi connectivity index (χ2n) is 8.37. The van der Waals surface area contributed by atoms with Crippen molar-refractivity contribution in [1.82, 2.24) is 9.80 Å². The predicted molar refractivity (Wildman–Crippen MR) is 112 cm³/mol. The number of anilines is 1. The molecule has 1 saturated carbocycles. The summed E-state index contributed by atoms with van der Waals surface area (Å²) in [6.45, 7) is 2.70. The summed E-state index contributed by atoms with van der Waals surface area (Å²) in [7, 11) is 0. The van der Waals surface area contributed by atoms with Gasteiger partial charge in [-0.2, -0.15) is 0 Å². The van der Waals surface area contributed by atoms with E-state index >= 15 is 0 Å². The van der Waals surface area contributed by atoms with E-state index < -0.39 is 5.92 Å². The van der Waals surface area contributed by atoms with E-state index in [1.165, 1.54) is 12.8 Å². The van der Waals surface area contributed by atoms with Crippen LogP contribution in [0, 0.1) is 11.8 Å². The summed E-state index contributed by atoms with van der Waals surface area (Å²) in [5.74, 6) is -0.107. The number of halogens is 1. The highest BCUT2D eigenvalue weighted by molar-refractivity contribution is 6.30. The van der Waals surface area contributed by atoms with E-state index in [0.717, 1.165) is 18.5 Å². The van der Waals surface area contributed by atoms with E-state index in [0.29, 0.717) is 56.5 Å². The van der Waals surface area contributed by atoms with Gasteiger partial charge in [0.1, 0.15) is 5.92 Å². The first-order valence-corrected chi connectivity index (χ1v) is 11.0. The molecule has 0 N–H and O–H groups in total. The van der Waals surface area contributed by atoms with Crippen molar-refractivity contribution in [3.05, 3.63) is 29.3 Å².